The van der Waals surface area contributed by atoms with Gasteiger partial charge in [-0.1, -0.05) is 18.2 Å². The fraction of sp³-hybridized carbons (Fsp3) is 0.0556. The first-order chi connectivity index (χ1) is 13.8. The maximum Gasteiger partial charge on any atom is 0.416 e. The van der Waals surface area contributed by atoms with E-state index in [1.807, 2.05) is 0 Å². The van der Waals surface area contributed by atoms with E-state index in [4.69, 9.17) is 11.5 Å². The SMILES string of the molecule is Nc1nc(-c2ccccn2)nc(-n2nc(-c3cccc(C(F)(F)F)c3)cc2N)n1. The van der Waals surface area contributed by atoms with Crippen LogP contribution in [0.15, 0.2) is 54.7 Å². The molecule has 0 aliphatic rings. The summed E-state index contributed by atoms with van der Waals surface area (Å²) in [5, 5.41) is 4.24. The number of alkyl halides is 3. The third-order valence-corrected chi connectivity index (χ3v) is 3.95. The van der Waals surface area contributed by atoms with Crippen LogP contribution in [0, 0.1) is 0 Å². The fourth-order valence-electron chi connectivity index (χ4n) is 2.64. The van der Waals surface area contributed by atoms with Crippen molar-refractivity contribution in [2.45, 2.75) is 6.18 Å². The average Bonchev–Trinajstić information content (AvgIpc) is 3.09. The fourth-order valence-corrected chi connectivity index (χ4v) is 2.64. The summed E-state index contributed by atoms with van der Waals surface area (Å²) in [7, 11) is 0. The molecule has 3 aromatic heterocycles. The number of pyridine rings is 1. The second-order valence-corrected chi connectivity index (χ2v) is 5.98. The van der Waals surface area contributed by atoms with Gasteiger partial charge in [0.1, 0.15) is 11.5 Å². The Labute approximate surface area is 162 Å². The van der Waals surface area contributed by atoms with Crippen LogP contribution in [0.4, 0.5) is 24.9 Å². The minimum absolute atomic E-state index is 0.0221. The van der Waals surface area contributed by atoms with E-state index >= 15 is 0 Å². The number of benzene rings is 1. The monoisotopic (exact) mass is 398 g/mol. The van der Waals surface area contributed by atoms with E-state index < -0.39 is 11.7 Å². The number of hydrogen-bond donors (Lipinski definition) is 2. The molecule has 0 amide bonds. The van der Waals surface area contributed by atoms with Gasteiger partial charge < -0.3 is 11.5 Å². The second-order valence-electron chi connectivity index (χ2n) is 5.98. The zero-order chi connectivity index (χ0) is 20.6. The molecule has 29 heavy (non-hydrogen) atoms. The quantitative estimate of drug-likeness (QED) is 0.544. The van der Waals surface area contributed by atoms with Crippen LogP contribution < -0.4 is 11.5 Å². The Morgan fingerprint density at radius 3 is 2.41 bits per heavy atom. The molecule has 1 aromatic carbocycles. The maximum absolute atomic E-state index is 13.0. The van der Waals surface area contributed by atoms with Crippen molar-refractivity contribution in [2.24, 2.45) is 0 Å². The molecule has 0 radical (unpaired) electrons. The van der Waals surface area contributed by atoms with Gasteiger partial charge in [-0.3, -0.25) is 4.98 Å². The first-order valence-corrected chi connectivity index (χ1v) is 8.28. The highest BCUT2D eigenvalue weighted by Crippen LogP contribution is 2.32. The van der Waals surface area contributed by atoms with Crippen LogP contribution in [-0.4, -0.2) is 29.7 Å². The van der Waals surface area contributed by atoms with Gasteiger partial charge >= 0.3 is 6.18 Å². The van der Waals surface area contributed by atoms with Crippen molar-refractivity contribution in [3.05, 3.63) is 60.3 Å². The van der Waals surface area contributed by atoms with E-state index in [9.17, 15) is 13.2 Å². The van der Waals surface area contributed by atoms with Crippen LogP contribution in [0.1, 0.15) is 5.56 Å². The van der Waals surface area contributed by atoms with Crippen LogP contribution in [0.25, 0.3) is 28.7 Å². The summed E-state index contributed by atoms with van der Waals surface area (Å²) >= 11 is 0. The Hall–Kier alpha value is -4.02. The molecule has 0 spiro atoms. The Kier molecular flexibility index (Phi) is 4.34. The highest BCUT2D eigenvalue weighted by molar-refractivity contribution is 5.64. The first kappa shape index (κ1) is 18.3. The molecule has 8 nitrogen and oxygen atoms in total. The van der Waals surface area contributed by atoms with Gasteiger partial charge in [0, 0.05) is 17.8 Å². The van der Waals surface area contributed by atoms with Crippen molar-refractivity contribution in [1.29, 1.82) is 0 Å². The van der Waals surface area contributed by atoms with Crippen LogP contribution in [0.5, 0.6) is 0 Å². The van der Waals surface area contributed by atoms with Crippen molar-refractivity contribution in [1.82, 2.24) is 29.7 Å². The third kappa shape index (κ3) is 3.70. The standard InChI is InChI=1S/C18H13F3N8/c19-18(20,21)11-5-3-4-10(8-11)13-9-14(22)29(28-13)17-26-15(25-16(23)27-17)12-6-1-2-7-24-12/h1-9H,22H2,(H2,23,25,26,27). The highest BCUT2D eigenvalue weighted by atomic mass is 19.4. The smallest absolute Gasteiger partial charge is 0.383 e. The van der Waals surface area contributed by atoms with E-state index in [0.29, 0.717) is 5.69 Å². The zero-order valence-corrected chi connectivity index (χ0v) is 14.7. The normalized spacial score (nSPS) is 11.6. The number of aromatic nitrogens is 6. The lowest BCUT2D eigenvalue weighted by atomic mass is 10.1. The molecule has 0 unspecified atom stereocenters. The number of nitrogens with two attached hydrogens (primary N) is 2. The van der Waals surface area contributed by atoms with Crippen molar-refractivity contribution in [3.63, 3.8) is 0 Å². The lowest BCUT2D eigenvalue weighted by Gasteiger charge is -2.07. The van der Waals surface area contributed by atoms with Crippen molar-refractivity contribution in [3.8, 4) is 28.7 Å². The molecular weight excluding hydrogens is 385 g/mol. The predicted octanol–water partition coefficient (Wildman–Crippen LogP) is 2.97. The summed E-state index contributed by atoms with van der Waals surface area (Å²) in [6.07, 6.45) is -2.90. The molecule has 0 atom stereocenters. The van der Waals surface area contributed by atoms with Crippen LogP contribution >= 0.6 is 0 Å². The minimum atomic E-state index is -4.47. The van der Waals surface area contributed by atoms with Crippen LogP contribution in [-0.2, 0) is 6.18 Å². The molecule has 0 fully saturated rings. The molecule has 0 aliphatic heterocycles. The largest absolute Gasteiger partial charge is 0.416 e. The Bertz CT molecular complexity index is 1170. The van der Waals surface area contributed by atoms with Gasteiger partial charge in [0.2, 0.25) is 5.95 Å². The second kappa shape index (κ2) is 6.86. The molecule has 0 aliphatic carbocycles. The summed E-state index contributed by atoms with van der Waals surface area (Å²) in [6, 6.07) is 11.4. The van der Waals surface area contributed by atoms with Gasteiger partial charge in [0.25, 0.3) is 5.95 Å². The molecular formula is C18H13F3N8. The number of rotatable bonds is 3. The number of nitrogens with zero attached hydrogens (tertiary/aromatic N) is 6. The van der Waals surface area contributed by atoms with E-state index in [-0.39, 0.29) is 34.8 Å². The van der Waals surface area contributed by atoms with Crippen LogP contribution in [0.2, 0.25) is 0 Å². The number of halogens is 3. The zero-order valence-electron chi connectivity index (χ0n) is 14.7. The summed E-state index contributed by atoms with van der Waals surface area (Å²) < 4.78 is 40.1. The van der Waals surface area contributed by atoms with Gasteiger partial charge in [-0.25, -0.2) is 0 Å². The van der Waals surface area contributed by atoms with E-state index in [2.05, 4.69) is 25.0 Å². The summed E-state index contributed by atoms with van der Waals surface area (Å²) in [6.45, 7) is 0. The molecule has 0 saturated heterocycles. The van der Waals surface area contributed by atoms with Gasteiger partial charge in [0.05, 0.1) is 11.3 Å². The van der Waals surface area contributed by atoms with E-state index in [1.54, 1.807) is 24.4 Å². The first-order valence-electron chi connectivity index (χ1n) is 8.28. The Morgan fingerprint density at radius 2 is 1.69 bits per heavy atom. The number of anilines is 2. The van der Waals surface area contributed by atoms with Gasteiger partial charge in [-0.05, 0) is 24.3 Å². The lowest BCUT2D eigenvalue weighted by molar-refractivity contribution is -0.137. The lowest BCUT2D eigenvalue weighted by Crippen LogP contribution is -2.11. The van der Waals surface area contributed by atoms with Gasteiger partial charge in [-0.15, -0.1) is 0 Å². The molecule has 0 saturated carbocycles. The minimum Gasteiger partial charge on any atom is -0.383 e. The van der Waals surface area contributed by atoms with Crippen molar-refractivity contribution in [2.75, 3.05) is 11.5 Å². The maximum atomic E-state index is 13.0. The van der Waals surface area contributed by atoms with Gasteiger partial charge in [0.15, 0.2) is 5.82 Å². The van der Waals surface area contributed by atoms with Crippen molar-refractivity contribution < 1.29 is 13.2 Å². The molecule has 4 aromatic rings. The third-order valence-electron chi connectivity index (χ3n) is 3.95. The summed E-state index contributed by atoms with van der Waals surface area (Å²) in [4.78, 5) is 16.5. The molecule has 11 heteroatoms. The molecule has 146 valence electrons. The summed E-state index contributed by atoms with van der Waals surface area (Å²) in [5.74, 6) is 0.277. The van der Waals surface area contributed by atoms with E-state index in [1.165, 1.54) is 22.9 Å². The molecule has 4 N–H and O–H groups in total. The Morgan fingerprint density at radius 1 is 0.862 bits per heavy atom. The highest BCUT2D eigenvalue weighted by Gasteiger charge is 2.30. The molecule has 0 bridgehead atoms. The average molecular weight is 398 g/mol. The number of nitrogen functional groups attached to an aromatic ring is 2. The summed E-state index contributed by atoms with van der Waals surface area (Å²) in [5.41, 5.74) is 11.9. The van der Waals surface area contributed by atoms with Gasteiger partial charge in [-0.2, -0.15) is 37.9 Å². The molecule has 3 heterocycles. The predicted molar refractivity (Wildman–Crippen MR) is 99.4 cm³/mol. The topological polar surface area (TPSA) is 121 Å². The van der Waals surface area contributed by atoms with E-state index in [0.717, 1.165) is 12.1 Å². The Balaban J connectivity index is 1.77. The number of hydrogen-bond acceptors (Lipinski definition) is 7. The van der Waals surface area contributed by atoms with Crippen LogP contribution in [0.3, 0.4) is 0 Å². The van der Waals surface area contributed by atoms with Crippen molar-refractivity contribution >= 4 is 11.8 Å². The molecule has 4 rings (SSSR count).